The zero-order chi connectivity index (χ0) is 13.7. The summed E-state index contributed by atoms with van der Waals surface area (Å²) in [6.07, 6.45) is 6.86. The number of unbranched alkanes of at least 4 members (excludes halogenated alkanes) is 1. The van der Waals surface area contributed by atoms with E-state index in [1.54, 1.807) is 12.5 Å². The SMILES string of the molecule is Fc1cc(F)c(NCCCCn2ccnc2)nc1F. The third-order valence-electron chi connectivity index (χ3n) is 2.58. The summed E-state index contributed by atoms with van der Waals surface area (Å²) in [6, 6.07) is 0.482. The van der Waals surface area contributed by atoms with Crippen LogP contribution in [0.5, 0.6) is 0 Å². The highest BCUT2D eigenvalue weighted by Gasteiger charge is 2.10. The molecule has 0 spiro atoms. The van der Waals surface area contributed by atoms with E-state index in [9.17, 15) is 13.2 Å². The van der Waals surface area contributed by atoms with Crippen molar-refractivity contribution in [3.8, 4) is 0 Å². The van der Waals surface area contributed by atoms with Gasteiger partial charge >= 0.3 is 0 Å². The van der Waals surface area contributed by atoms with E-state index in [0.29, 0.717) is 12.6 Å². The van der Waals surface area contributed by atoms with E-state index in [2.05, 4.69) is 15.3 Å². The number of halogens is 3. The van der Waals surface area contributed by atoms with Crippen LogP contribution >= 0.6 is 0 Å². The lowest BCUT2D eigenvalue weighted by atomic mass is 10.3. The molecule has 0 unspecified atom stereocenters. The van der Waals surface area contributed by atoms with E-state index in [4.69, 9.17) is 0 Å². The zero-order valence-corrected chi connectivity index (χ0v) is 10.1. The topological polar surface area (TPSA) is 42.7 Å². The van der Waals surface area contributed by atoms with Crippen molar-refractivity contribution in [2.75, 3.05) is 11.9 Å². The monoisotopic (exact) mass is 270 g/mol. The van der Waals surface area contributed by atoms with Crippen LogP contribution in [-0.4, -0.2) is 21.1 Å². The van der Waals surface area contributed by atoms with Crippen LogP contribution in [0.1, 0.15) is 12.8 Å². The highest BCUT2D eigenvalue weighted by molar-refractivity contribution is 5.35. The molecule has 0 aliphatic carbocycles. The summed E-state index contributed by atoms with van der Waals surface area (Å²) in [5.74, 6) is -3.75. The van der Waals surface area contributed by atoms with E-state index >= 15 is 0 Å². The van der Waals surface area contributed by atoms with Crippen LogP contribution in [-0.2, 0) is 6.54 Å². The third-order valence-corrected chi connectivity index (χ3v) is 2.58. The Kier molecular flexibility index (Phi) is 4.38. The maximum atomic E-state index is 13.2. The van der Waals surface area contributed by atoms with Crippen LogP contribution < -0.4 is 5.32 Å². The van der Waals surface area contributed by atoms with Crippen molar-refractivity contribution >= 4 is 5.82 Å². The average molecular weight is 270 g/mol. The van der Waals surface area contributed by atoms with Crippen molar-refractivity contribution in [3.05, 3.63) is 42.4 Å². The van der Waals surface area contributed by atoms with Crippen molar-refractivity contribution in [1.82, 2.24) is 14.5 Å². The minimum absolute atomic E-state index is 0.262. The quantitative estimate of drug-likeness (QED) is 0.648. The van der Waals surface area contributed by atoms with Crippen LogP contribution in [0.15, 0.2) is 24.8 Å². The fourth-order valence-corrected chi connectivity index (χ4v) is 1.61. The number of anilines is 1. The summed E-state index contributed by atoms with van der Waals surface area (Å²) in [5.41, 5.74) is 0. The number of nitrogens with one attached hydrogen (secondary N) is 1. The molecule has 0 amide bonds. The first kappa shape index (κ1) is 13.4. The highest BCUT2D eigenvalue weighted by atomic mass is 19.2. The van der Waals surface area contributed by atoms with Crippen LogP contribution in [0.2, 0.25) is 0 Å². The number of nitrogens with zero attached hydrogens (tertiary/aromatic N) is 3. The van der Waals surface area contributed by atoms with Crippen LogP contribution in [0, 0.1) is 17.6 Å². The van der Waals surface area contributed by atoms with E-state index in [1.807, 2.05) is 10.8 Å². The van der Waals surface area contributed by atoms with E-state index in [-0.39, 0.29) is 5.82 Å². The Labute approximate surface area is 108 Å². The average Bonchev–Trinajstić information content (AvgIpc) is 2.88. The van der Waals surface area contributed by atoms with Gasteiger partial charge in [0.05, 0.1) is 6.33 Å². The van der Waals surface area contributed by atoms with Gasteiger partial charge in [-0.1, -0.05) is 0 Å². The fourth-order valence-electron chi connectivity index (χ4n) is 1.61. The molecule has 0 saturated carbocycles. The lowest BCUT2D eigenvalue weighted by molar-refractivity contribution is 0.466. The van der Waals surface area contributed by atoms with Crippen molar-refractivity contribution in [2.45, 2.75) is 19.4 Å². The molecule has 2 rings (SSSR count). The molecule has 1 N–H and O–H groups in total. The Morgan fingerprint density at radius 3 is 2.74 bits per heavy atom. The number of aromatic nitrogens is 3. The van der Waals surface area contributed by atoms with Crippen LogP contribution in [0.3, 0.4) is 0 Å². The van der Waals surface area contributed by atoms with E-state index in [1.165, 1.54) is 0 Å². The minimum Gasteiger partial charge on any atom is -0.368 e. The molecule has 19 heavy (non-hydrogen) atoms. The Balaban J connectivity index is 1.75. The van der Waals surface area contributed by atoms with Gasteiger partial charge in [-0.25, -0.2) is 13.8 Å². The van der Waals surface area contributed by atoms with Gasteiger partial charge in [0.25, 0.3) is 5.95 Å². The van der Waals surface area contributed by atoms with Crippen molar-refractivity contribution in [3.63, 3.8) is 0 Å². The van der Waals surface area contributed by atoms with Crippen LogP contribution in [0.4, 0.5) is 19.0 Å². The first-order valence-corrected chi connectivity index (χ1v) is 5.88. The first-order chi connectivity index (χ1) is 9.16. The molecule has 4 nitrogen and oxygen atoms in total. The molecule has 0 aliphatic heterocycles. The Morgan fingerprint density at radius 1 is 1.16 bits per heavy atom. The summed E-state index contributed by atoms with van der Waals surface area (Å²) in [6.45, 7) is 1.24. The molecule has 0 atom stereocenters. The van der Waals surface area contributed by atoms with Gasteiger partial charge in [-0.15, -0.1) is 0 Å². The van der Waals surface area contributed by atoms with Gasteiger partial charge in [0.15, 0.2) is 17.5 Å². The second-order valence-corrected chi connectivity index (χ2v) is 4.03. The van der Waals surface area contributed by atoms with Crippen molar-refractivity contribution in [1.29, 1.82) is 0 Å². The molecule has 2 heterocycles. The number of imidazole rings is 1. The lowest BCUT2D eigenvalue weighted by Crippen LogP contribution is -2.08. The molecule has 2 aromatic rings. The molecule has 0 radical (unpaired) electrons. The summed E-state index contributed by atoms with van der Waals surface area (Å²) >= 11 is 0. The molecule has 0 aromatic carbocycles. The maximum Gasteiger partial charge on any atom is 0.251 e. The second kappa shape index (κ2) is 6.21. The standard InChI is InChI=1S/C12H13F3N4/c13-9-7-10(14)12(18-11(9)15)17-3-1-2-5-19-6-4-16-8-19/h4,6-8H,1-3,5H2,(H,17,18). The highest BCUT2D eigenvalue weighted by Crippen LogP contribution is 2.14. The molecule has 0 fully saturated rings. The fraction of sp³-hybridized carbons (Fsp3) is 0.333. The van der Waals surface area contributed by atoms with Gasteiger partial charge < -0.3 is 9.88 Å². The van der Waals surface area contributed by atoms with Crippen molar-refractivity contribution < 1.29 is 13.2 Å². The van der Waals surface area contributed by atoms with E-state index < -0.39 is 17.6 Å². The van der Waals surface area contributed by atoms with Gasteiger partial charge in [-0.05, 0) is 12.8 Å². The smallest absolute Gasteiger partial charge is 0.251 e. The third kappa shape index (κ3) is 3.70. The maximum absolute atomic E-state index is 13.2. The molecule has 102 valence electrons. The first-order valence-electron chi connectivity index (χ1n) is 5.88. The number of aryl methyl sites for hydroxylation is 1. The second-order valence-electron chi connectivity index (χ2n) is 4.03. The Bertz CT molecular complexity index is 528. The summed E-state index contributed by atoms with van der Waals surface area (Å²) in [7, 11) is 0. The number of hydrogen-bond acceptors (Lipinski definition) is 3. The molecule has 0 aliphatic rings. The number of pyridine rings is 1. The predicted octanol–water partition coefficient (Wildman–Crippen LogP) is 2.59. The minimum atomic E-state index is -1.30. The molecule has 2 aromatic heterocycles. The summed E-state index contributed by atoms with van der Waals surface area (Å²) < 4.78 is 40.6. The summed E-state index contributed by atoms with van der Waals surface area (Å²) in [4.78, 5) is 7.09. The zero-order valence-electron chi connectivity index (χ0n) is 10.1. The van der Waals surface area contributed by atoms with Gasteiger partial charge in [0.1, 0.15) is 0 Å². The van der Waals surface area contributed by atoms with Gasteiger partial charge in [-0.3, -0.25) is 0 Å². The Hall–Kier alpha value is -2.05. The number of hydrogen-bond donors (Lipinski definition) is 1. The molecule has 7 heteroatoms. The van der Waals surface area contributed by atoms with Crippen molar-refractivity contribution in [2.24, 2.45) is 0 Å². The molecule has 0 saturated heterocycles. The van der Waals surface area contributed by atoms with Gasteiger partial charge in [-0.2, -0.15) is 9.37 Å². The normalized spacial score (nSPS) is 10.7. The van der Waals surface area contributed by atoms with Gasteiger partial charge in [0.2, 0.25) is 0 Å². The van der Waals surface area contributed by atoms with Crippen LogP contribution in [0.25, 0.3) is 0 Å². The lowest BCUT2D eigenvalue weighted by Gasteiger charge is -2.07. The predicted molar refractivity (Wildman–Crippen MR) is 64.1 cm³/mol. The molecular weight excluding hydrogens is 257 g/mol. The molecule has 0 bridgehead atoms. The number of rotatable bonds is 6. The van der Waals surface area contributed by atoms with E-state index in [0.717, 1.165) is 19.4 Å². The largest absolute Gasteiger partial charge is 0.368 e. The summed E-state index contributed by atoms with van der Waals surface area (Å²) in [5, 5.41) is 2.64. The molecular formula is C12H13F3N4. The Morgan fingerprint density at radius 2 is 2.00 bits per heavy atom. The van der Waals surface area contributed by atoms with Gasteiger partial charge in [0, 0.05) is 31.5 Å².